The Morgan fingerprint density at radius 1 is 1.04 bits per heavy atom. The summed E-state index contributed by atoms with van der Waals surface area (Å²) in [5.74, 6) is 0.272. The molecule has 2 heterocycles. The number of nitrogens with zero attached hydrogens (tertiary/aromatic N) is 3. The van der Waals surface area contributed by atoms with Gasteiger partial charge in [0.1, 0.15) is 5.75 Å². The number of halogens is 1. The number of fused-ring (bicyclic) bond motifs is 1. The van der Waals surface area contributed by atoms with Gasteiger partial charge in [-0.05, 0) is 35.2 Å². The molecule has 0 saturated carbocycles. The van der Waals surface area contributed by atoms with Crippen LogP contribution >= 0.6 is 0 Å². The van der Waals surface area contributed by atoms with Gasteiger partial charge in [0, 0.05) is 62.6 Å². The summed E-state index contributed by atoms with van der Waals surface area (Å²) in [5.41, 5.74) is 1.88. The quantitative estimate of drug-likeness (QED) is 0.734. The van der Waals surface area contributed by atoms with E-state index in [2.05, 4.69) is 14.8 Å². The molecule has 2 aromatic carbocycles. The van der Waals surface area contributed by atoms with E-state index >= 15 is 0 Å². The van der Waals surface area contributed by atoms with E-state index in [1.165, 1.54) is 7.11 Å². The van der Waals surface area contributed by atoms with E-state index in [0.717, 1.165) is 54.6 Å². The van der Waals surface area contributed by atoms with Crippen LogP contribution in [0.15, 0.2) is 48.8 Å². The van der Waals surface area contributed by atoms with Gasteiger partial charge >= 0.3 is 0 Å². The molecule has 0 aliphatic carbocycles. The van der Waals surface area contributed by atoms with Crippen LogP contribution in [0.2, 0.25) is 0 Å². The molecule has 0 amide bonds. The fraction of sp³-hybridized carbons (Fsp3) is 0.318. The summed E-state index contributed by atoms with van der Waals surface area (Å²) in [6, 6.07) is 10.8. The van der Waals surface area contributed by atoms with E-state index in [1.54, 1.807) is 24.4 Å². The maximum atomic E-state index is 13.9. The first-order chi connectivity index (χ1) is 13.6. The van der Waals surface area contributed by atoms with Crippen molar-refractivity contribution in [1.82, 2.24) is 14.8 Å². The van der Waals surface area contributed by atoms with Crippen molar-refractivity contribution in [1.29, 1.82) is 0 Å². The smallest absolute Gasteiger partial charge is 0.165 e. The van der Waals surface area contributed by atoms with E-state index < -0.39 is 0 Å². The van der Waals surface area contributed by atoms with Gasteiger partial charge in [0.05, 0.1) is 7.11 Å². The average molecular weight is 381 g/mol. The Morgan fingerprint density at radius 3 is 2.50 bits per heavy atom. The number of ether oxygens (including phenoxy) is 1. The molecular formula is C22H24FN3O2. The standard InChI is InChI=1S/C22H24FN3O2/c1-28-22-5-2-16(12-20(22)23)14-25-8-10-26(11-9-25)15-19-18-13-24-7-6-17(18)3-4-21(19)27/h2-7,12-13,27H,8-11,14-15H2,1H3. The summed E-state index contributed by atoms with van der Waals surface area (Å²) in [6.45, 7) is 5.01. The summed E-state index contributed by atoms with van der Waals surface area (Å²) in [7, 11) is 1.47. The minimum absolute atomic E-state index is 0.276. The number of aromatic nitrogens is 1. The van der Waals surface area contributed by atoms with Gasteiger partial charge in [-0.25, -0.2) is 4.39 Å². The lowest BCUT2D eigenvalue weighted by molar-refractivity contribution is 0.121. The van der Waals surface area contributed by atoms with Crippen molar-refractivity contribution >= 4 is 10.8 Å². The van der Waals surface area contributed by atoms with Gasteiger partial charge in [-0.1, -0.05) is 12.1 Å². The summed E-state index contributed by atoms with van der Waals surface area (Å²) >= 11 is 0. The first-order valence-electron chi connectivity index (χ1n) is 9.46. The fourth-order valence-electron chi connectivity index (χ4n) is 3.77. The molecule has 1 fully saturated rings. The van der Waals surface area contributed by atoms with Crippen molar-refractivity contribution in [2.24, 2.45) is 0 Å². The zero-order valence-corrected chi connectivity index (χ0v) is 15.9. The molecule has 1 aromatic heterocycles. The molecular weight excluding hydrogens is 357 g/mol. The van der Waals surface area contributed by atoms with Gasteiger partial charge in [0.15, 0.2) is 11.6 Å². The van der Waals surface area contributed by atoms with Crippen LogP contribution in [0.25, 0.3) is 10.8 Å². The third kappa shape index (κ3) is 3.93. The third-order valence-electron chi connectivity index (χ3n) is 5.38. The van der Waals surface area contributed by atoms with Gasteiger partial charge in [-0.3, -0.25) is 14.8 Å². The van der Waals surface area contributed by atoms with E-state index in [0.29, 0.717) is 12.3 Å². The zero-order chi connectivity index (χ0) is 19.5. The average Bonchev–Trinajstić information content (AvgIpc) is 2.72. The summed E-state index contributed by atoms with van der Waals surface area (Å²) in [6.07, 6.45) is 3.59. The summed E-state index contributed by atoms with van der Waals surface area (Å²) in [5, 5.41) is 12.4. The van der Waals surface area contributed by atoms with Gasteiger partial charge in [-0.2, -0.15) is 0 Å². The lowest BCUT2D eigenvalue weighted by Gasteiger charge is -2.35. The van der Waals surface area contributed by atoms with Crippen LogP contribution in [0.3, 0.4) is 0 Å². The van der Waals surface area contributed by atoms with Crippen LogP contribution in [0.4, 0.5) is 4.39 Å². The minimum atomic E-state index is -0.321. The normalized spacial score (nSPS) is 15.8. The second-order valence-electron chi connectivity index (χ2n) is 7.18. The van der Waals surface area contributed by atoms with Crippen LogP contribution in [-0.2, 0) is 13.1 Å². The van der Waals surface area contributed by atoms with Crippen molar-refractivity contribution in [3.63, 3.8) is 0 Å². The molecule has 0 atom stereocenters. The molecule has 1 saturated heterocycles. The van der Waals surface area contributed by atoms with Crippen LogP contribution in [0.1, 0.15) is 11.1 Å². The lowest BCUT2D eigenvalue weighted by Crippen LogP contribution is -2.45. The number of rotatable bonds is 5. The molecule has 0 radical (unpaired) electrons. The molecule has 4 rings (SSSR count). The number of phenols is 1. The van der Waals surface area contributed by atoms with Crippen molar-refractivity contribution in [2.45, 2.75) is 13.1 Å². The van der Waals surface area contributed by atoms with Crippen LogP contribution in [0.5, 0.6) is 11.5 Å². The van der Waals surface area contributed by atoms with E-state index in [-0.39, 0.29) is 11.6 Å². The van der Waals surface area contributed by atoms with E-state index in [9.17, 15) is 9.50 Å². The summed E-state index contributed by atoms with van der Waals surface area (Å²) < 4.78 is 18.9. The van der Waals surface area contributed by atoms with Crippen LogP contribution < -0.4 is 4.74 Å². The maximum absolute atomic E-state index is 13.9. The number of phenolic OH excluding ortho intramolecular Hbond substituents is 1. The lowest BCUT2D eigenvalue weighted by atomic mass is 10.0. The van der Waals surface area contributed by atoms with Gasteiger partial charge < -0.3 is 9.84 Å². The topological polar surface area (TPSA) is 48.8 Å². The zero-order valence-electron chi connectivity index (χ0n) is 15.9. The highest BCUT2D eigenvalue weighted by atomic mass is 19.1. The highest BCUT2D eigenvalue weighted by Crippen LogP contribution is 2.28. The Balaban J connectivity index is 1.39. The maximum Gasteiger partial charge on any atom is 0.165 e. The fourth-order valence-corrected chi connectivity index (χ4v) is 3.77. The highest BCUT2D eigenvalue weighted by Gasteiger charge is 2.19. The van der Waals surface area contributed by atoms with Crippen LogP contribution in [-0.4, -0.2) is 53.2 Å². The molecule has 28 heavy (non-hydrogen) atoms. The number of methoxy groups -OCH3 is 1. The van der Waals surface area contributed by atoms with E-state index in [4.69, 9.17) is 4.74 Å². The highest BCUT2D eigenvalue weighted by molar-refractivity contribution is 5.86. The molecule has 3 aromatic rings. The Labute approximate surface area is 164 Å². The number of benzene rings is 2. The first kappa shape index (κ1) is 18.7. The van der Waals surface area contributed by atoms with Crippen molar-refractivity contribution in [3.05, 3.63) is 65.7 Å². The van der Waals surface area contributed by atoms with Gasteiger partial charge in [0.2, 0.25) is 0 Å². The van der Waals surface area contributed by atoms with Gasteiger partial charge in [0.25, 0.3) is 0 Å². The van der Waals surface area contributed by atoms with E-state index in [1.807, 2.05) is 24.4 Å². The summed E-state index contributed by atoms with van der Waals surface area (Å²) in [4.78, 5) is 8.87. The number of aromatic hydroxyl groups is 1. The molecule has 1 aliphatic rings. The predicted octanol–water partition coefficient (Wildman–Crippen LogP) is 3.41. The van der Waals surface area contributed by atoms with Crippen molar-refractivity contribution < 1.29 is 14.2 Å². The Bertz CT molecular complexity index is 971. The third-order valence-corrected chi connectivity index (χ3v) is 5.38. The molecule has 1 aliphatic heterocycles. The number of hydrogen-bond acceptors (Lipinski definition) is 5. The monoisotopic (exact) mass is 381 g/mol. The molecule has 0 bridgehead atoms. The number of piperazine rings is 1. The Kier molecular flexibility index (Phi) is 5.41. The minimum Gasteiger partial charge on any atom is -0.508 e. The Hall–Kier alpha value is -2.70. The van der Waals surface area contributed by atoms with Crippen LogP contribution in [0, 0.1) is 5.82 Å². The largest absolute Gasteiger partial charge is 0.508 e. The molecule has 146 valence electrons. The second kappa shape index (κ2) is 8.12. The molecule has 6 heteroatoms. The van der Waals surface area contributed by atoms with Crippen molar-refractivity contribution in [2.75, 3.05) is 33.3 Å². The predicted molar refractivity (Wildman–Crippen MR) is 107 cm³/mol. The molecule has 0 unspecified atom stereocenters. The Morgan fingerprint density at radius 2 is 1.79 bits per heavy atom. The SMILES string of the molecule is COc1ccc(CN2CCN(Cc3c(O)ccc4ccncc34)CC2)cc1F. The van der Waals surface area contributed by atoms with Gasteiger partial charge in [-0.15, -0.1) is 0 Å². The second-order valence-corrected chi connectivity index (χ2v) is 7.18. The number of hydrogen-bond donors (Lipinski definition) is 1. The first-order valence-corrected chi connectivity index (χ1v) is 9.46. The molecule has 1 N–H and O–H groups in total. The molecule has 5 nitrogen and oxygen atoms in total. The number of pyridine rings is 1. The molecule has 0 spiro atoms. The van der Waals surface area contributed by atoms with Crippen molar-refractivity contribution in [3.8, 4) is 11.5 Å².